The van der Waals surface area contributed by atoms with Crippen LogP contribution in [0.25, 0.3) is 0 Å². The van der Waals surface area contributed by atoms with Gasteiger partial charge >= 0.3 is 0 Å². The van der Waals surface area contributed by atoms with E-state index in [2.05, 4.69) is 20.8 Å². The van der Waals surface area contributed by atoms with E-state index in [1.165, 1.54) is 11.3 Å². The second-order valence-electron chi connectivity index (χ2n) is 3.27. The molecular formula is C8H13ClN4O2S. The predicted octanol–water partition coefficient (Wildman–Crippen LogP) is 0.195. The number of halogens is 1. The Morgan fingerprint density at radius 1 is 1.62 bits per heavy atom. The molecule has 0 unspecified atom stereocenters. The number of aryl methyl sites for hydroxylation is 1. The fourth-order valence-corrected chi connectivity index (χ4v) is 1.68. The normalized spacial score (nSPS) is 15.1. The molecule has 0 aromatic carbocycles. The van der Waals surface area contributed by atoms with Gasteiger partial charge in [0.2, 0.25) is 5.13 Å². The number of ether oxygens (including phenoxy) is 1. The maximum atomic E-state index is 11.3. The monoisotopic (exact) mass is 264 g/mol. The molecule has 1 fully saturated rings. The summed E-state index contributed by atoms with van der Waals surface area (Å²) in [6.45, 7) is 3.56. The van der Waals surface area contributed by atoms with E-state index in [1.807, 2.05) is 6.92 Å². The minimum absolute atomic E-state index is 0. The average Bonchev–Trinajstić information content (AvgIpc) is 2.48. The summed E-state index contributed by atoms with van der Waals surface area (Å²) in [5, 5.41) is 14.6. The number of anilines is 1. The Balaban J connectivity index is 0.00000128. The van der Waals surface area contributed by atoms with Crippen molar-refractivity contribution < 1.29 is 9.53 Å². The summed E-state index contributed by atoms with van der Waals surface area (Å²) in [5.74, 6) is -0.182. The summed E-state index contributed by atoms with van der Waals surface area (Å²) in [6.07, 6.45) is 0.173. The molecule has 1 aliphatic rings. The van der Waals surface area contributed by atoms with Crippen LogP contribution >= 0.6 is 23.7 Å². The molecule has 1 amide bonds. The van der Waals surface area contributed by atoms with Crippen LogP contribution in [-0.2, 0) is 9.53 Å². The standard InChI is InChI=1S/C8H12N4O2S.ClH/c1-5-11-12-8(15-5)10-7(13)4-14-6-2-9-3-6;/h6,9H,2-4H2,1H3,(H,10,12,13);1H. The first-order chi connectivity index (χ1) is 7.24. The van der Waals surface area contributed by atoms with Crippen LogP contribution in [0.2, 0.25) is 0 Å². The van der Waals surface area contributed by atoms with E-state index in [0.717, 1.165) is 18.1 Å². The summed E-state index contributed by atoms with van der Waals surface area (Å²) in [5.41, 5.74) is 0. The second kappa shape index (κ2) is 6.09. The van der Waals surface area contributed by atoms with E-state index in [4.69, 9.17) is 4.74 Å². The Morgan fingerprint density at radius 2 is 2.38 bits per heavy atom. The predicted molar refractivity (Wildman–Crippen MR) is 63.1 cm³/mol. The average molecular weight is 265 g/mol. The third-order valence-corrected chi connectivity index (χ3v) is 2.72. The molecule has 0 radical (unpaired) electrons. The van der Waals surface area contributed by atoms with Gasteiger partial charge in [0, 0.05) is 13.1 Å². The summed E-state index contributed by atoms with van der Waals surface area (Å²) in [7, 11) is 0. The van der Waals surface area contributed by atoms with Crippen LogP contribution in [0, 0.1) is 6.92 Å². The van der Waals surface area contributed by atoms with Crippen molar-refractivity contribution in [2.45, 2.75) is 13.0 Å². The molecule has 1 aromatic heterocycles. The molecule has 1 aliphatic heterocycles. The van der Waals surface area contributed by atoms with Crippen LogP contribution in [0.4, 0.5) is 5.13 Å². The highest BCUT2D eigenvalue weighted by Crippen LogP contribution is 2.13. The fraction of sp³-hybridized carbons (Fsp3) is 0.625. The molecule has 90 valence electrons. The molecular weight excluding hydrogens is 252 g/mol. The Morgan fingerprint density at radius 3 is 2.88 bits per heavy atom. The van der Waals surface area contributed by atoms with Gasteiger partial charge in [0.05, 0.1) is 6.10 Å². The van der Waals surface area contributed by atoms with Gasteiger partial charge in [-0.05, 0) is 6.92 Å². The van der Waals surface area contributed by atoms with Crippen molar-refractivity contribution in [2.75, 3.05) is 25.0 Å². The van der Waals surface area contributed by atoms with Crippen LogP contribution in [0.15, 0.2) is 0 Å². The SMILES string of the molecule is Cc1nnc(NC(=O)COC2CNC2)s1.Cl. The topological polar surface area (TPSA) is 76.1 Å². The second-order valence-corrected chi connectivity index (χ2v) is 4.45. The molecule has 8 heteroatoms. The van der Waals surface area contributed by atoms with E-state index in [9.17, 15) is 4.79 Å². The van der Waals surface area contributed by atoms with Gasteiger partial charge < -0.3 is 10.1 Å². The maximum Gasteiger partial charge on any atom is 0.252 e. The van der Waals surface area contributed by atoms with Crippen molar-refractivity contribution >= 4 is 34.8 Å². The van der Waals surface area contributed by atoms with E-state index in [-0.39, 0.29) is 31.0 Å². The quantitative estimate of drug-likeness (QED) is 0.812. The minimum atomic E-state index is -0.182. The molecule has 1 saturated heterocycles. The molecule has 16 heavy (non-hydrogen) atoms. The first-order valence-electron chi connectivity index (χ1n) is 4.66. The summed E-state index contributed by atoms with van der Waals surface area (Å²) < 4.78 is 5.30. The van der Waals surface area contributed by atoms with Crippen molar-refractivity contribution in [1.82, 2.24) is 15.5 Å². The van der Waals surface area contributed by atoms with Gasteiger partial charge in [-0.3, -0.25) is 10.1 Å². The Kier molecular flexibility index (Phi) is 5.07. The number of hydrogen-bond acceptors (Lipinski definition) is 6. The van der Waals surface area contributed by atoms with Gasteiger partial charge in [-0.15, -0.1) is 22.6 Å². The minimum Gasteiger partial charge on any atom is -0.366 e. The largest absolute Gasteiger partial charge is 0.366 e. The zero-order valence-electron chi connectivity index (χ0n) is 8.73. The molecule has 0 spiro atoms. The number of nitrogens with zero attached hydrogens (tertiary/aromatic N) is 2. The zero-order valence-corrected chi connectivity index (χ0v) is 10.4. The first-order valence-corrected chi connectivity index (χ1v) is 5.48. The van der Waals surface area contributed by atoms with Crippen LogP contribution in [0.5, 0.6) is 0 Å². The molecule has 1 aromatic rings. The molecule has 0 bridgehead atoms. The Hall–Kier alpha value is -0.760. The van der Waals surface area contributed by atoms with Gasteiger partial charge in [0.25, 0.3) is 5.91 Å². The highest BCUT2D eigenvalue weighted by molar-refractivity contribution is 7.15. The molecule has 0 saturated carbocycles. The van der Waals surface area contributed by atoms with E-state index >= 15 is 0 Å². The molecule has 2 N–H and O–H groups in total. The van der Waals surface area contributed by atoms with Crippen LogP contribution in [0.1, 0.15) is 5.01 Å². The molecule has 0 atom stereocenters. The number of nitrogens with one attached hydrogen (secondary N) is 2. The van der Waals surface area contributed by atoms with Crippen LogP contribution in [-0.4, -0.2) is 41.9 Å². The summed E-state index contributed by atoms with van der Waals surface area (Å²) in [6, 6.07) is 0. The van der Waals surface area contributed by atoms with Crippen molar-refractivity contribution in [2.24, 2.45) is 0 Å². The first kappa shape index (κ1) is 13.3. The van der Waals surface area contributed by atoms with E-state index < -0.39 is 0 Å². The number of carbonyl (C=O) groups excluding carboxylic acids is 1. The highest BCUT2D eigenvalue weighted by atomic mass is 35.5. The fourth-order valence-electron chi connectivity index (χ4n) is 1.08. The molecule has 0 aliphatic carbocycles. The lowest BCUT2D eigenvalue weighted by Crippen LogP contribution is -2.49. The van der Waals surface area contributed by atoms with Crippen molar-refractivity contribution in [3.05, 3.63) is 5.01 Å². The summed E-state index contributed by atoms with van der Waals surface area (Å²) >= 11 is 1.35. The number of amides is 1. The zero-order chi connectivity index (χ0) is 10.7. The summed E-state index contributed by atoms with van der Waals surface area (Å²) in [4.78, 5) is 11.3. The lowest BCUT2D eigenvalue weighted by Gasteiger charge is -2.26. The van der Waals surface area contributed by atoms with Crippen molar-refractivity contribution in [3.63, 3.8) is 0 Å². The van der Waals surface area contributed by atoms with Gasteiger partial charge in [0.1, 0.15) is 11.6 Å². The third kappa shape index (κ3) is 3.67. The smallest absolute Gasteiger partial charge is 0.252 e. The van der Waals surface area contributed by atoms with E-state index in [0.29, 0.717) is 5.13 Å². The van der Waals surface area contributed by atoms with Crippen molar-refractivity contribution in [3.8, 4) is 0 Å². The van der Waals surface area contributed by atoms with Crippen molar-refractivity contribution in [1.29, 1.82) is 0 Å². The van der Waals surface area contributed by atoms with Gasteiger partial charge in [-0.2, -0.15) is 0 Å². The lowest BCUT2D eigenvalue weighted by molar-refractivity contribution is -0.123. The Bertz CT molecular complexity index is 356. The van der Waals surface area contributed by atoms with Gasteiger partial charge in [-0.1, -0.05) is 11.3 Å². The third-order valence-electron chi connectivity index (χ3n) is 1.97. The molecule has 2 heterocycles. The van der Waals surface area contributed by atoms with Crippen LogP contribution in [0.3, 0.4) is 0 Å². The number of rotatable bonds is 4. The number of hydrogen-bond donors (Lipinski definition) is 2. The lowest BCUT2D eigenvalue weighted by atomic mass is 10.2. The highest BCUT2D eigenvalue weighted by Gasteiger charge is 2.18. The van der Waals surface area contributed by atoms with E-state index in [1.54, 1.807) is 0 Å². The molecule has 6 nitrogen and oxygen atoms in total. The maximum absolute atomic E-state index is 11.3. The number of aromatic nitrogens is 2. The van der Waals surface area contributed by atoms with Gasteiger partial charge in [-0.25, -0.2) is 0 Å². The van der Waals surface area contributed by atoms with Gasteiger partial charge in [0.15, 0.2) is 0 Å². The Labute approximate surface area is 103 Å². The van der Waals surface area contributed by atoms with Crippen LogP contribution < -0.4 is 10.6 Å². The molecule has 2 rings (SSSR count). The number of carbonyl (C=O) groups is 1.